The van der Waals surface area contributed by atoms with Crippen LogP contribution in [0.4, 0.5) is 0 Å². The van der Waals surface area contributed by atoms with E-state index in [1.54, 1.807) is 13.0 Å². The Kier molecular flexibility index (Phi) is 4.25. The second-order valence-electron chi connectivity index (χ2n) is 1.99. The van der Waals surface area contributed by atoms with E-state index < -0.39 is 6.10 Å². The van der Waals surface area contributed by atoms with Crippen LogP contribution in [0, 0.1) is 11.3 Å². The highest BCUT2D eigenvalue weighted by Gasteiger charge is 2.00. The van der Waals surface area contributed by atoms with Crippen molar-refractivity contribution in [1.29, 1.82) is 5.26 Å². The van der Waals surface area contributed by atoms with Gasteiger partial charge < -0.3 is 10.4 Å². The van der Waals surface area contributed by atoms with E-state index in [2.05, 4.69) is 5.32 Å². The molecule has 0 saturated carbocycles. The molecule has 1 amide bonds. The smallest absolute Gasteiger partial charge is 0.234 e. The molecule has 2 N–H and O–H groups in total. The third-order valence-corrected chi connectivity index (χ3v) is 0.834. The van der Waals surface area contributed by atoms with Crippen LogP contribution in [0.15, 0.2) is 0 Å². The van der Waals surface area contributed by atoms with Crippen molar-refractivity contribution in [2.24, 2.45) is 0 Å². The highest BCUT2D eigenvalue weighted by molar-refractivity contribution is 5.77. The van der Waals surface area contributed by atoms with E-state index in [0.29, 0.717) is 0 Å². The summed E-state index contributed by atoms with van der Waals surface area (Å²) in [4.78, 5) is 10.5. The molecule has 0 aliphatic heterocycles. The summed E-state index contributed by atoms with van der Waals surface area (Å²) in [6, 6.07) is 1.70. The molecule has 4 nitrogen and oxygen atoms in total. The molecular formula is C6H10N2O2. The number of nitrogens with zero attached hydrogens (tertiary/aromatic N) is 1. The Morgan fingerprint density at radius 3 is 2.90 bits per heavy atom. The molecule has 0 aliphatic carbocycles. The minimum atomic E-state index is -0.553. The van der Waals surface area contributed by atoms with Gasteiger partial charge in [0.05, 0.1) is 12.2 Å². The van der Waals surface area contributed by atoms with Crippen molar-refractivity contribution in [3.63, 3.8) is 0 Å². The Balaban J connectivity index is 3.33. The molecule has 0 aromatic carbocycles. The first-order valence-corrected chi connectivity index (χ1v) is 2.98. The summed E-state index contributed by atoms with van der Waals surface area (Å²) in [6.45, 7) is 1.77. The molecule has 1 atom stereocenters. The SMILES string of the molecule is CC(O)CNC(=O)CC#N. The van der Waals surface area contributed by atoms with Crippen molar-refractivity contribution in [2.75, 3.05) is 6.54 Å². The minimum Gasteiger partial charge on any atom is -0.392 e. The second kappa shape index (κ2) is 4.77. The van der Waals surface area contributed by atoms with Gasteiger partial charge in [-0.2, -0.15) is 5.26 Å². The number of rotatable bonds is 3. The molecule has 0 bridgehead atoms. The predicted molar refractivity (Wildman–Crippen MR) is 34.9 cm³/mol. The van der Waals surface area contributed by atoms with Crippen molar-refractivity contribution in [3.8, 4) is 6.07 Å². The van der Waals surface area contributed by atoms with Gasteiger partial charge in [-0.05, 0) is 6.92 Å². The van der Waals surface area contributed by atoms with E-state index in [1.807, 2.05) is 0 Å². The maximum atomic E-state index is 10.5. The van der Waals surface area contributed by atoms with E-state index in [4.69, 9.17) is 10.4 Å². The molecule has 0 saturated heterocycles. The van der Waals surface area contributed by atoms with E-state index in [0.717, 1.165) is 0 Å². The van der Waals surface area contributed by atoms with Crippen LogP contribution in [0.5, 0.6) is 0 Å². The minimum absolute atomic E-state index is 0.146. The molecule has 0 aromatic rings. The van der Waals surface area contributed by atoms with Crippen molar-refractivity contribution in [3.05, 3.63) is 0 Å². The van der Waals surface area contributed by atoms with Crippen LogP contribution in [0.1, 0.15) is 13.3 Å². The van der Waals surface area contributed by atoms with Gasteiger partial charge in [-0.1, -0.05) is 0 Å². The van der Waals surface area contributed by atoms with Crippen LogP contribution in [-0.2, 0) is 4.79 Å². The molecule has 10 heavy (non-hydrogen) atoms. The van der Waals surface area contributed by atoms with Crippen LogP contribution < -0.4 is 5.32 Å². The third kappa shape index (κ3) is 5.06. The Morgan fingerprint density at radius 1 is 1.90 bits per heavy atom. The fourth-order valence-electron chi connectivity index (χ4n) is 0.396. The van der Waals surface area contributed by atoms with Gasteiger partial charge in [0.2, 0.25) is 5.91 Å². The maximum absolute atomic E-state index is 10.5. The standard InChI is InChI=1S/C6H10N2O2/c1-5(9)4-8-6(10)2-3-7/h5,9H,2,4H2,1H3,(H,8,10). The van der Waals surface area contributed by atoms with Crippen molar-refractivity contribution >= 4 is 5.91 Å². The summed E-state index contributed by atoms with van der Waals surface area (Å²) < 4.78 is 0. The molecule has 56 valence electrons. The number of aliphatic hydroxyl groups excluding tert-OH is 1. The van der Waals surface area contributed by atoms with Gasteiger partial charge in [0.25, 0.3) is 0 Å². The molecule has 1 unspecified atom stereocenters. The molecular weight excluding hydrogens is 132 g/mol. The fourth-order valence-corrected chi connectivity index (χ4v) is 0.396. The van der Waals surface area contributed by atoms with E-state index in [1.165, 1.54) is 0 Å². The van der Waals surface area contributed by atoms with Crippen LogP contribution in [0.25, 0.3) is 0 Å². The summed E-state index contributed by atoms with van der Waals surface area (Å²) in [5.41, 5.74) is 0. The van der Waals surface area contributed by atoms with Gasteiger partial charge in [-0.25, -0.2) is 0 Å². The first-order valence-electron chi connectivity index (χ1n) is 2.98. The van der Waals surface area contributed by atoms with Crippen molar-refractivity contribution in [2.45, 2.75) is 19.4 Å². The molecule has 0 fully saturated rings. The lowest BCUT2D eigenvalue weighted by Crippen LogP contribution is -2.29. The van der Waals surface area contributed by atoms with Crippen LogP contribution in [-0.4, -0.2) is 23.7 Å². The van der Waals surface area contributed by atoms with Gasteiger partial charge in [0.15, 0.2) is 0 Å². The summed E-state index contributed by atoms with van der Waals surface area (Å²) in [6.07, 6.45) is -0.699. The van der Waals surface area contributed by atoms with Crippen molar-refractivity contribution < 1.29 is 9.90 Å². The lowest BCUT2D eigenvalue weighted by Gasteiger charge is -2.03. The highest BCUT2D eigenvalue weighted by atomic mass is 16.3. The Bertz CT molecular complexity index is 148. The molecule has 0 heterocycles. The van der Waals surface area contributed by atoms with Crippen molar-refractivity contribution in [1.82, 2.24) is 5.32 Å². The van der Waals surface area contributed by atoms with Gasteiger partial charge in [-0.15, -0.1) is 0 Å². The molecule has 0 rings (SSSR count). The Labute approximate surface area is 59.5 Å². The number of nitriles is 1. The second-order valence-corrected chi connectivity index (χ2v) is 1.99. The normalized spacial score (nSPS) is 11.7. The number of carbonyl (C=O) groups excluding carboxylic acids is 1. The van der Waals surface area contributed by atoms with Crippen LogP contribution >= 0.6 is 0 Å². The van der Waals surface area contributed by atoms with E-state index in [9.17, 15) is 4.79 Å². The quantitative estimate of drug-likeness (QED) is 0.552. The number of carbonyl (C=O) groups is 1. The average molecular weight is 142 g/mol. The van der Waals surface area contributed by atoms with E-state index in [-0.39, 0.29) is 18.9 Å². The van der Waals surface area contributed by atoms with Crippen LogP contribution in [0.2, 0.25) is 0 Å². The first-order chi connectivity index (χ1) is 4.66. The topological polar surface area (TPSA) is 73.1 Å². The number of hydrogen-bond acceptors (Lipinski definition) is 3. The number of nitrogens with one attached hydrogen (secondary N) is 1. The third-order valence-electron chi connectivity index (χ3n) is 0.834. The molecule has 0 spiro atoms. The first kappa shape index (κ1) is 8.92. The lowest BCUT2D eigenvalue weighted by atomic mass is 10.4. The summed E-state index contributed by atoms with van der Waals surface area (Å²) >= 11 is 0. The molecule has 0 aliphatic rings. The zero-order valence-electron chi connectivity index (χ0n) is 5.79. The van der Waals surface area contributed by atoms with Gasteiger partial charge in [0.1, 0.15) is 6.42 Å². The zero-order chi connectivity index (χ0) is 7.98. The summed E-state index contributed by atoms with van der Waals surface area (Å²) in [5, 5.41) is 19.1. The Hall–Kier alpha value is -1.08. The summed E-state index contributed by atoms with van der Waals surface area (Å²) in [5.74, 6) is -0.344. The predicted octanol–water partition coefficient (Wildman–Crippen LogP) is -0.603. The summed E-state index contributed by atoms with van der Waals surface area (Å²) in [7, 11) is 0. The average Bonchev–Trinajstić information content (AvgIpc) is 1.85. The molecule has 0 aromatic heterocycles. The highest BCUT2D eigenvalue weighted by Crippen LogP contribution is 1.78. The largest absolute Gasteiger partial charge is 0.392 e. The fraction of sp³-hybridized carbons (Fsp3) is 0.667. The number of aliphatic hydroxyl groups is 1. The number of hydrogen-bond donors (Lipinski definition) is 2. The number of amides is 1. The lowest BCUT2D eigenvalue weighted by molar-refractivity contribution is -0.120. The van der Waals surface area contributed by atoms with E-state index >= 15 is 0 Å². The monoisotopic (exact) mass is 142 g/mol. The van der Waals surface area contributed by atoms with Gasteiger partial charge in [0, 0.05) is 6.54 Å². The zero-order valence-corrected chi connectivity index (χ0v) is 5.79. The molecule has 4 heteroatoms. The van der Waals surface area contributed by atoms with Gasteiger partial charge in [-0.3, -0.25) is 4.79 Å². The van der Waals surface area contributed by atoms with Crippen LogP contribution in [0.3, 0.4) is 0 Å². The molecule has 0 radical (unpaired) electrons. The maximum Gasteiger partial charge on any atom is 0.234 e. The Morgan fingerprint density at radius 2 is 2.50 bits per heavy atom. The van der Waals surface area contributed by atoms with Gasteiger partial charge >= 0.3 is 0 Å².